The van der Waals surface area contributed by atoms with Gasteiger partial charge in [-0.25, -0.2) is 9.97 Å². The van der Waals surface area contributed by atoms with Crippen molar-refractivity contribution in [3.63, 3.8) is 0 Å². The molecule has 1 saturated carbocycles. The average Bonchev–Trinajstić information content (AvgIpc) is 3.38. The van der Waals surface area contributed by atoms with Gasteiger partial charge in [-0.2, -0.15) is 0 Å². The number of likely N-dealkylation sites (tertiary alicyclic amines) is 1. The quantitative estimate of drug-likeness (QED) is 0.752. The third-order valence-electron chi connectivity index (χ3n) is 6.27. The van der Waals surface area contributed by atoms with Gasteiger partial charge in [-0.3, -0.25) is 4.79 Å². The minimum atomic E-state index is -0.421. The lowest BCUT2D eigenvalue weighted by Gasteiger charge is -2.36. The number of rotatable bonds is 2. The SMILES string of the molecule is Cn1cncc1C(=O)N1C[C@H]2C[C@@H](n3cnc4ccccc43)[C@H](O)C[C@H]2C1. The molecular weight excluding hydrogens is 342 g/mol. The summed E-state index contributed by atoms with van der Waals surface area (Å²) in [7, 11) is 1.84. The normalized spacial score (nSPS) is 27.9. The van der Waals surface area contributed by atoms with E-state index in [0.29, 0.717) is 24.1 Å². The smallest absolute Gasteiger partial charge is 0.272 e. The van der Waals surface area contributed by atoms with Gasteiger partial charge in [0.1, 0.15) is 5.69 Å². The first-order valence-electron chi connectivity index (χ1n) is 9.47. The van der Waals surface area contributed by atoms with Crippen molar-refractivity contribution in [3.8, 4) is 0 Å². The minimum Gasteiger partial charge on any atom is -0.391 e. The van der Waals surface area contributed by atoms with E-state index in [-0.39, 0.29) is 11.9 Å². The third kappa shape index (κ3) is 2.65. The van der Waals surface area contributed by atoms with Gasteiger partial charge in [0, 0.05) is 20.1 Å². The number of amides is 1. The van der Waals surface area contributed by atoms with Crippen LogP contribution in [0.1, 0.15) is 29.4 Å². The molecule has 7 heteroatoms. The Bertz CT molecular complexity index is 993. The third-order valence-corrected chi connectivity index (χ3v) is 6.27. The summed E-state index contributed by atoms with van der Waals surface area (Å²) in [5.74, 6) is 0.781. The van der Waals surface area contributed by atoms with Crippen LogP contribution in [-0.2, 0) is 7.05 Å². The first-order chi connectivity index (χ1) is 13.1. The molecule has 27 heavy (non-hydrogen) atoms. The maximum atomic E-state index is 12.8. The zero-order valence-corrected chi connectivity index (χ0v) is 15.3. The van der Waals surface area contributed by atoms with Gasteiger partial charge in [-0.1, -0.05) is 12.1 Å². The first kappa shape index (κ1) is 16.5. The molecule has 2 fully saturated rings. The number of benzene rings is 1. The molecule has 3 heterocycles. The van der Waals surface area contributed by atoms with Crippen LogP contribution in [0.3, 0.4) is 0 Å². The molecule has 140 valence electrons. The number of aliphatic hydroxyl groups excluding tert-OH is 1. The number of carbonyl (C=O) groups excluding carboxylic acids is 1. The fourth-order valence-corrected chi connectivity index (χ4v) is 4.84. The van der Waals surface area contributed by atoms with Gasteiger partial charge < -0.3 is 19.1 Å². The van der Waals surface area contributed by atoms with E-state index in [4.69, 9.17) is 0 Å². The van der Waals surface area contributed by atoms with Gasteiger partial charge in [-0.15, -0.1) is 0 Å². The molecule has 1 amide bonds. The standard InChI is InChI=1S/C20H23N5O2/c1-23-11-21-8-18(23)20(27)24-9-13-6-17(19(26)7-14(13)10-24)25-12-22-15-4-2-3-5-16(15)25/h2-5,8,11-14,17,19,26H,6-7,9-10H2,1H3/t13-,14+,17-,19-/m1/s1. The van der Waals surface area contributed by atoms with Crippen LogP contribution in [-0.4, -0.2) is 54.2 Å². The topological polar surface area (TPSA) is 76.2 Å². The lowest BCUT2D eigenvalue weighted by molar-refractivity contribution is 0.0374. The van der Waals surface area contributed by atoms with E-state index in [2.05, 4.69) is 14.5 Å². The van der Waals surface area contributed by atoms with Crippen molar-refractivity contribution in [2.24, 2.45) is 18.9 Å². The summed E-state index contributed by atoms with van der Waals surface area (Å²) in [6.07, 6.45) is 6.28. The van der Waals surface area contributed by atoms with Crippen molar-refractivity contribution in [2.75, 3.05) is 13.1 Å². The van der Waals surface area contributed by atoms with Gasteiger partial charge in [0.2, 0.25) is 0 Å². The number of hydrogen-bond acceptors (Lipinski definition) is 4. The minimum absolute atomic E-state index is 0.00500. The molecule has 1 saturated heterocycles. The summed E-state index contributed by atoms with van der Waals surface area (Å²) < 4.78 is 3.88. The van der Waals surface area contributed by atoms with Crippen LogP contribution in [0.15, 0.2) is 43.1 Å². The molecule has 1 N–H and O–H groups in total. The van der Waals surface area contributed by atoms with Crippen molar-refractivity contribution < 1.29 is 9.90 Å². The summed E-state index contributed by atoms with van der Waals surface area (Å²) in [6.45, 7) is 1.45. The number of imidazole rings is 2. The Labute approximate surface area is 157 Å². The second kappa shape index (κ2) is 6.20. The molecule has 4 atom stereocenters. The van der Waals surface area contributed by atoms with E-state index in [1.54, 1.807) is 17.1 Å². The lowest BCUT2D eigenvalue weighted by Crippen LogP contribution is -2.36. The van der Waals surface area contributed by atoms with Gasteiger partial charge in [0.25, 0.3) is 5.91 Å². The van der Waals surface area contributed by atoms with Crippen molar-refractivity contribution in [1.82, 2.24) is 24.0 Å². The number of aromatic nitrogens is 4. The molecule has 1 aromatic carbocycles. The highest BCUT2D eigenvalue weighted by atomic mass is 16.3. The fraction of sp³-hybridized carbons (Fsp3) is 0.450. The van der Waals surface area contributed by atoms with Crippen molar-refractivity contribution in [2.45, 2.75) is 25.0 Å². The molecule has 5 rings (SSSR count). The number of fused-ring (bicyclic) bond motifs is 2. The van der Waals surface area contributed by atoms with Gasteiger partial charge in [0.05, 0.1) is 42.0 Å². The van der Waals surface area contributed by atoms with Crippen molar-refractivity contribution in [1.29, 1.82) is 0 Å². The molecule has 1 aliphatic carbocycles. The summed E-state index contributed by atoms with van der Waals surface area (Å²) in [5.41, 5.74) is 2.62. The average molecular weight is 365 g/mol. The molecule has 7 nitrogen and oxygen atoms in total. The van der Waals surface area contributed by atoms with Gasteiger partial charge in [-0.05, 0) is 36.8 Å². The highest BCUT2D eigenvalue weighted by Gasteiger charge is 2.44. The summed E-state index contributed by atoms with van der Waals surface area (Å²) in [4.78, 5) is 23.3. The molecular formula is C20H23N5O2. The predicted octanol–water partition coefficient (Wildman–Crippen LogP) is 1.85. The van der Waals surface area contributed by atoms with Crippen molar-refractivity contribution >= 4 is 16.9 Å². The number of carbonyl (C=O) groups is 1. The van der Waals surface area contributed by atoms with Crippen LogP contribution in [0.5, 0.6) is 0 Å². The van der Waals surface area contributed by atoms with E-state index in [1.807, 2.05) is 42.5 Å². The zero-order chi connectivity index (χ0) is 18.5. The number of aliphatic hydroxyl groups is 1. The molecule has 3 aromatic rings. The Morgan fingerprint density at radius 2 is 1.93 bits per heavy atom. The van der Waals surface area contributed by atoms with Crippen LogP contribution in [0.25, 0.3) is 11.0 Å². The summed E-state index contributed by atoms with van der Waals surface area (Å²) >= 11 is 0. The number of nitrogens with zero attached hydrogens (tertiary/aromatic N) is 5. The van der Waals surface area contributed by atoms with E-state index in [9.17, 15) is 9.90 Å². The van der Waals surface area contributed by atoms with E-state index < -0.39 is 6.10 Å². The van der Waals surface area contributed by atoms with E-state index >= 15 is 0 Å². The second-order valence-corrected chi connectivity index (χ2v) is 7.87. The monoisotopic (exact) mass is 365 g/mol. The van der Waals surface area contributed by atoms with Crippen LogP contribution in [0, 0.1) is 11.8 Å². The summed E-state index contributed by atoms with van der Waals surface area (Å²) in [5, 5.41) is 10.8. The number of para-hydroxylation sites is 2. The molecule has 2 aliphatic rings. The Morgan fingerprint density at radius 1 is 1.15 bits per heavy atom. The predicted molar refractivity (Wildman–Crippen MR) is 100 cm³/mol. The molecule has 0 spiro atoms. The molecule has 2 aromatic heterocycles. The largest absolute Gasteiger partial charge is 0.391 e. The van der Waals surface area contributed by atoms with Crippen LogP contribution in [0.2, 0.25) is 0 Å². The fourth-order valence-electron chi connectivity index (χ4n) is 4.84. The Balaban J connectivity index is 1.38. The van der Waals surface area contributed by atoms with Crippen LogP contribution in [0.4, 0.5) is 0 Å². The Morgan fingerprint density at radius 3 is 2.70 bits per heavy atom. The van der Waals surface area contributed by atoms with E-state index in [0.717, 1.165) is 30.4 Å². The molecule has 0 unspecified atom stereocenters. The first-order valence-corrected chi connectivity index (χ1v) is 9.47. The number of hydrogen-bond donors (Lipinski definition) is 1. The molecule has 1 aliphatic heterocycles. The highest BCUT2D eigenvalue weighted by Crippen LogP contribution is 2.42. The Hall–Kier alpha value is -2.67. The number of aryl methyl sites for hydroxylation is 1. The molecule has 0 bridgehead atoms. The molecule has 0 radical (unpaired) electrons. The zero-order valence-electron chi connectivity index (χ0n) is 15.3. The van der Waals surface area contributed by atoms with E-state index in [1.165, 1.54) is 0 Å². The maximum Gasteiger partial charge on any atom is 0.272 e. The van der Waals surface area contributed by atoms with Crippen LogP contribution < -0.4 is 0 Å². The van der Waals surface area contributed by atoms with Crippen LogP contribution >= 0.6 is 0 Å². The maximum absolute atomic E-state index is 12.8. The van der Waals surface area contributed by atoms with Gasteiger partial charge in [0.15, 0.2) is 0 Å². The summed E-state index contributed by atoms with van der Waals surface area (Å²) in [6, 6.07) is 8.03. The Kier molecular flexibility index (Phi) is 3.79. The highest BCUT2D eigenvalue weighted by molar-refractivity contribution is 5.92. The lowest BCUT2D eigenvalue weighted by atomic mass is 9.77. The van der Waals surface area contributed by atoms with Crippen molar-refractivity contribution in [3.05, 3.63) is 48.8 Å². The van der Waals surface area contributed by atoms with Gasteiger partial charge >= 0.3 is 0 Å². The second-order valence-electron chi connectivity index (χ2n) is 7.87.